The van der Waals surface area contributed by atoms with Crippen LogP contribution in [-0.4, -0.2) is 21.4 Å². The summed E-state index contributed by atoms with van der Waals surface area (Å²) in [5, 5.41) is 0. The van der Waals surface area contributed by atoms with Crippen LogP contribution in [0, 0.1) is 17.3 Å². The van der Waals surface area contributed by atoms with Crippen molar-refractivity contribution in [2.24, 2.45) is 17.3 Å². The molecule has 0 heterocycles. The molecule has 38 heavy (non-hydrogen) atoms. The van der Waals surface area contributed by atoms with Gasteiger partial charge in [-0.2, -0.15) is 0 Å². The molecule has 0 spiro atoms. The van der Waals surface area contributed by atoms with E-state index < -0.39 is 8.32 Å². The average molecular weight is 541 g/mol. The summed E-state index contributed by atoms with van der Waals surface area (Å²) in [5.74, 6) is 3.25. The molecule has 5 heteroatoms. The maximum absolute atomic E-state index is 12.0. The minimum absolute atomic E-state index is 0.251. The molecule has 0 aromatic heterocycles. The molecule has 0 unspecified atom stereocenters. The number of allylic oxidation sites excluding steroid dienone is 2. The van der Waals surface area contributed by atoms with Crippen LogP contribution in [-0.2, 0) is 22.6 Å². The highest BCUT2D eigenvalue weighted by atomic mass is 28.4. The number of esters is 1. The molecule has 1 saturated carbocycles. The number of carbonyl (C=O) groups is 1. The van der Waals surface area contributed by atoms with Crippen molar-refractivity contribution in [3.8, 4) is 11.5 Å². The summed E-state index contributed by atoms with van der Waals surface area (Å²) < 4.78 is 19.1. The Morgan fingerprint density at radius 3 is 2.32 bits per heavy atom. The van der Waals surface area contributed by atoms with Gasteiger partial charge in [-0.3, -0.25) is 4.79 Å². The minimum atomic E-state index is -2.20. The molecule has 0 aliphatic heterocycles. The van der Waals surface area contributed by atoms with Crippen molar-refractivity contribution in [3.63, 3.8) is 0 Å². The van der Waals surface area contributed by atoms with Gasteiger partial charge in [0.2, 0.25) is 0 Å². The predicted octanol–water partition coefficient (Wildman–Crippen LogP) is 9.12. The summed E-state index contributed by atoms with van der Waals surface area (Å²) in [5.41, 5.74) is 7.22. The zero-order chi connectivity index (χ0) is 28.0. The van der Waals surface area contributed by atoms with Gasteiger partial charge >= 0.3 is 5.97 Å². The van der Waals surface area contributed by atoms with Crippen LogP contribution in [0.25, 0.3) is 0 Å². The van der Waals surface area contributed by atoms with Crippen molar-refractivity contribution in [1.29, 1.82) is 0 Å². The average Bonchev–Trinajstić information content (AvgIpc) is 3.20. The maximum atomic E-state index is 12.0. The number of hydrogen-bond acceptors (Lipinski definition) is 4. The lowest BCUT2D eigenvalue weighted by Crippen LogP contribution is -2.50. The summed E-state index contributed by atoms with van der Waals surface area (Å²) in [6.45, 7) is 20.5. The van der Waals surface area contributed by atoms with E-state index >= 15 is 0 Å². The lowest BCUT2D eigenvalue weighted by molar-refractivity contribution is -0.142. The van der Waals surface area contributed by atoms with E-state index in [0.29, 0.717) is 39.8 Å². The first-order chi connectivity index (χ1) is 17.9. The van der Waals surface area contributed by atoms with Gasteiger partial charge in [0.15, 0.2) is 5.75 Å². The Kier molecular flexibility index (Phi) is 8.48. The highest BCUT2D eigenvalue weighted by Crippen LogP contribution is 2.63. The molecule has 3 aliphatic rings. The topological polar surface area (TPSA) is 44.8 Å². The van der Waals surface area contributed by atoms with E-state index in [9.17, 15) is 4.79 Å². The van der Waals surface area contributed by atoms with Gasteiger partial charge in [-0.25, -0.2) is 0 Å². The highest BCUT2D eigenvalue weighted by molar-refractivity contribution is 6.78. The smallest absolute Gasteiger partial charge is 0.302 e. The molecule has 0 amide bonds. The first-order valence-electron chi connectivity index (χ1n) is 15.2. The van der Waals surface area contributed by atoms with Crippen molar-refractivity contribution in [2.45, 2.75) is 130 Å². The van der Waals surface area contributed by atoms with Gasteiger partial charge in [-0.15, -0.1) is 0 Å². The molecule has 1 aromatic carbocycles. The number of carbonyl (C=O) groups excluding carboxylic acids is 1. The summed E-state index contributed by atoms with van der Waals surface area (Å²) in [6.07, 6.45) is 9.62. The number of methoxy groups -OCH3 is 1. The van der Waals surface area contributed by atoms with Crippen LogP contribution >= 0.6 is 0 Å². The second-order valence-corrected chi connectivity index (χ2v) is 18.7. The lowest BCUT2D eigenvalue weighted by Gasteiger charge is -2.51. The normalized spacial score (nSPS) is 26.7. The Balaban J connectivity index is 1.83. The van der Waals surface area contributed by atoms with Crippen molar-refractivity contribution in [3.05, 3.63) is 34.4 Å². The molecule has 0 radical (unpaired) electrons. The van der Waals surface area contributed by atoms with E-state index in [2.05, 4.69) is 67.5 Å². The third-order valence-electron chi connectivity index (χ3n) is 10.8. The van der Waals surface area contributed by atoms with Gasteiger partial charge in [-0.05, 0) is 95.5 Å². The summed E-state index contributed by atoms with van der Waals surface area (Å²) >= 11 is 0. The molecule has 4 nitrogen and oxygen atoms in total. The molecule has 1 aromatic rings. The molecule has 212 valence electrons. The Morgan fingerprint density at radius 2 is 1.76 bits per heavy atom. The lowest BCUT2D eigenvalue weighted by atomic mass is 9.54. The van der Waals surface area contributed by atoms with Crippen molar-refractivity contribution in [1.82, 2.24) is 0 Å². The molecule has 3 aliphatic carbocycles. The number of fused-ring (bicyclic) bond motifs is 5. The standard InChI is InChI=1S/C33H52O4Si/c1-11-25-13-15-29-26-14-12-24-18-30(37-38(20(2)3,21(4)5)22(6)7)32(35-10)28(19-36-23(8)34)31(24)27(26)16-17-33(25,29)9/h13,18,20-22,26-27,29H,11-12,14-17,19H2,1-10H3/t26-,27+,29+,33-/m1/s1. The molecule has 0 N–H and O–H groups in total. The Labute approximate surface area is 233 Å². The summed E-state index contributed by atoms with van der Waals surface area (Å²) in [4.78, 5) is 12.0. The SMILES string of the molecule is CCC1=CC[C@H]2[C@@H]3CCc4cc(O[Si](C(C)C)(C(C)C)C(C)C)c(OC)c(COC(C)=O)c4[C@H]3CC[C@]12C. The van der Waals surface area contributed by atoms with Gasteiger partial charge in [0, 0.05) is 12.5 Å². The minimum Gasteiger partial charge on any atom is -0.540 e. The largest absolute Gasteiger partial charge is 0.540 e. The van der Waals surface area contributed by atoms with E-state index in [4.69, 9.17) is 13.9 Å². The highest BCUT2D eigenvalue weighted by Gasteiger charge is 2.52. The Bertz CT molecular complexity index is 1050. The predicted molar refractivity (Wildman–Crippen MR) is 159 cm³/mol. The van der Waals surface area contributed by atoms with E-state index in [1.165, 1.54) is 50.2 Å². The van der Waals surface area contributed by atoms with Crippen LogP contribution in [0.15, 0.2) is 17.7 Å². The van der Waals surface area contributed by atoms with E-state index in [1.807, 2.05) is 0 Å². The van der Waals surface area contributed by atoms with Crippen molar-refractivity contribution < 1.29 is 18.7 Å². The molecule has 4 atom stereocenters. The number of aryl methyl sites for hydroxylation is 1. The zero-order valence-electron chi connectivity index (χ0n) is 25.7. The fourth-order valence-corrected chi connectivity index (χ4v) is 14.4. The quantitative estimate of drug-likeness (QED) is 0.178. The fourth-order valence-electron chi connectivity index (χ4n) is 9.17. The molecule has 4 rings (SSSR count). The van der Waals surface area contributed by atoms with Crippen molar-refractivity contribution in [2.75, 3.05) is 7.11 Å². The van der Waals surface area contributed by atoms with Crippen LogP contribution in [0.2, 0.25) is 16.6 Å². The van der Waals surface area contributed by atoms with Crippen LogP contribution in [0.5, 0.6) is 11.5 Å². The second kappa shape index (κ2) is 11.0. The molecular formula is C33H52O4Si. The number of benzene rings is 1. The fraction of sp³-hybridized carbons (Fsp3) is 0.727. The summed E-state index contributed by atoms with van der Waals surface area (Å²) in [7, 11) is -0.446. The molecule has 1 fully saturated rings. The third kappa shape index (κ3) is 4.65. The van der Waals surface area contributed by atoms with Gasteiger partial charge < -0.3 is 13.9 Å². The van der Waals surface area contributed by atoms with Gasteiger partial charge in [-0.1, -0.05) is 67.0 Å². The van der Waals surface area contributed by atoms with Crippen LogP contribution in [0.4, 0.5) is 0 Å². The molecule has 0 saturated heterocycles. The van der Waals surface area contributed by atoms with Gasteiger partial charge in [0.05, 0.1) is 7.11 Å². The van der Waals surface area contributed by atoms with Crippen LogP contribution < -0.4 is 9.16 Å². The van der Waals surface area contributed by atoms with Crippen LogP contribution in [0.1, 0.15) is 117 Å². The van der Waals surface area contributed by atoms with Crippen molar-refractivity contribution >= 4 is 14.3 Å². The molecular weight excluding hydrogens is 488 g/mol. The maximum Gasteiger partial charge on any atom is 0.302 e. The van der Waals surface area contributed by atoms with E-state index in [1.54, 1.807) is 12.7 Å². The number of rotatable bonds is 9. The van der Waals surface area contributed by atoms with Gasteiger partial charge in [0.25, 0.3) is 8.32 Å². The monoisotopic (exact) mass is 540 g/mol. The van der Waals surface area contributed by atoms with Crippen LogP contribution in [0.3, 0.4) is 0 Å². The first kappa shape index (κ1) is 29.2. The summed E-state index contributed by atoms with van der Waals surface area (Å²) in [6, 6.07) is 2.31. The van der Waals surface area contributed by atoms with E-state index in [0.717, 1.165) is 23.5 Å². The molecule has 0 bridgehead atoms. The first-order valence-corrected chi connectivity index (χ1v) is 17.3. The zero-order valence-corrected chi connectivity index (χ0v) is 26.7. The third-order valence-corrected chi connectivity index (χ3v) is 16.8. The van der Waals surface area contributed by atoms with E-state index in [-0.39, 0.29) is 12.6 Å². The Morgan fingerprint density at radius 1 is 1.11 bits per heavy atom. The number of hydrogen-bond donors (Lipinski definition) is 0. The number of ether oxygens (including phenoxy) is 2. The second-order valence-electron chi connectivity index (χ2n) is 13.3. The Hall–Kier alpha value is -1.75. The van der Waals surface area contributed by atoms with Gasteiger partial charge in [0.1, 0.15) is 12.4 Å².